The maximum Gasteiger partial charge on any atom is 0.0396 e. The minimum atomic E-state index is 0.744. The molecule has 1 aliphatic carbocycles. The van der Waals surface area contributed by atoms with E-state index in [-0.39, 0.29) is 0 Å². The van der Waals surface area contributed by atoms with Gasteiger partial charge < -0.3 is 10.2 Å². The third-order valence-electron chi connectivity index (χ3n) is 4.78. The third kappa shape index (κ3) is 2.94. The van der Waals surface area contributed by atoms with E-state index in [9.17, 15) is 0 Å². The van der Waals surface area contributed by atoms with Crippen LogP contribution in [0.3, 0.4) is 0 Å². The molecule has 0 aromatic heterocycles. The van der Waals surface area contributed by atoms with Crippen LogP contribution in [0.1, 0.15) is 43.7 Å². The SMILES string of the molecule is CC1CCC(NCc2ccc3c(c2)CCCN3C)C1. The van der Waals surface area contributed by atoms with Gasteiger partial charge in [0.25, 0.3) is 0 Å². The molecule has 1 fully saturated rings. The van der Waals surface area contributed by atoms with Crippen LogP contribution >= 0.6 is 0 Å². The van der Waals surface area contributed by atoms with E-state index in [4.69, 9.17) is 0 Å². The standard InChI is InChI=1S/C17H26N2/c1-13-5-7-16(10-13)18-12-14-6-8-17-15(11-14)4-3-9-19(17)2/h6,8,11,13,16,18H,3-5,7,9-10,12H2,1-2H3. The van der Waals surface area contributed by atoms with Crippen LogP contribution < -0.4 is 10.2 Å². The van der Waals surface area contributed by atoms with Gasteiger partial charge in [-0.3, -0.25) is 0 Å². The smallest absolute Gasteiger partial charge is 0.0396 e. The molecule has 0 saturated heterocycles. The Morgan fingerprint density at radius 3 is 3.00 bits per heavy atom. The molecule has 1 saturated carbocycles. The fourth-order valence-corrected chi connectivity index (χ4v) is 3.60. The summed E-state index contributed by atoms with van der Waals surface area (Å²) in [6.07, 6.45) is 6.64. The lowest BCUT2D eigenvalue weighted by Crippen LogP contribution is -2.27. The summed E-state index contributed by atoms with van der Waals surface area (Å²) in [4.78, 5) is 2.38. The Bertz CT molecular complexity index is 441. The van der Waals surface area contributed by atoms with E-state index in [1.807, 2.05) is 0 Å². The second kappa shape index (κ2) is 5.54. The topological polar surface area (TPSA) is 15.3 Å². The molecular formula is C17H26N2. The molecule has 0 radical (unpaired) electrons. The zero-order valence-corrected chi connectivity index (χ0v) is 12.3. The summed E-state index contributed by atoms with van der Waals surface area (Å²) in [5.41, 5.74) is 4.42. The van der Waals surface area contributed by atoms with Gasteiger partial charge in [-0.1, -0.05) is 19.1 Å². The minimum absolute atomic E-state index is 0.744. The average Bonchev–Trinajstić information content (AvgIpc) is 2.82. The number of anilines is 1. The van der Waals surface area contributed by atoms with Crippen molar-refractivity contribution in [2.75, 3.05) is 18.5 Å². The van der Waals surface area contributed by atoms with E-state index < -0.39 is 0 Å². The van der Waals surface area contributed by atoms with Gasteiger partial charge in [-0.25, -0.2) is 0 Å². The highest BCUT2D eigenvalue weighted by Crippen LogP contribution is 2.28. The van der Waals surface area contributed by atoms with Crippen molar-refractivity contribution in [3.05, 3.63) is 29.3 Å². The van der Waals surface area contributed by atoms with Crippen molar-refractivity contribution in [2.24, 2.45) is 5.92 Å². The fraction of sp³-hybridized carbons (Fsp3) is 0.647. The lowest BCUT2D eigenvalue weighted by Gasteiger charge is -2.28. The van der Waals surface area contributed by atoms with Crippen molar-refractivity contribution in [3.8, 4) is 0 Å². The molecule has 1 N–H and O–H groups in total. The molecule has 1 aromatic carbocycles. The highest BCUT2D eigenvalue weighted by atomic mass is 15.1. The molecule has 1 aliphatic heterocycles. The molecule has 2 aliphatic rings. The Hall–Kier alpha value is -1.02. The number of benzene rings is 1. The summed E-state index contributed by atoms with van der Waals surface area (Å²) in [5.74, 6) is 0.912. The van der Waals surface area contributed by atoms with Crippen LogP contribution in [0.4, 0.5) is 5.69 Å². The normalized spacial score (nSPS) is 26.5. The first kappa shape index (κ1) is 13.0. The molecule has 104 valence electrons. The van der Waals surface area contributed by atoms with E-state index in [2.05, 4.69) is 42.4 Å². The second-order valence-corrected chi connectivity index (χ2v) is 6.48. The lowest BCUT2D eigenvalue weighted by molar-refractivity contribution is 0.502. The molecule has 1 aromatic rings. The van der Waals surface area contributed by atoms with E-state index in [0.29, 0.717) is 0 Å². The van der Waals surface area contributed by atoms with Gasteiger partial charge in [-0.2, -0.15) is 0 Å². The van der Waals surface area contributed by atoms with Gasteiger partial charge in [0.15, 0.2) is 0 Å². The van der Waals surface area contributed by atoms with E-state index in [1.54, 1.807) is 0 Å². The molecule has 0 bridgehead atoms. The third-order valence-corrected chi connectivity index (χ3v) is 4.78. The van der Waals surface area contributed by atoms with Crippen molar-refractivity contribution < 1.29 is 0 Å². The molecule has 0 spiro atoms. The van der Waals surface area contributed by atoms with Crippen LogP contribution in [0, 0.1) is 5.92 Å². The molecule has 2 unspecified atom stereocenters. The van der Waals surface area contributed by atoms with E-state index >= 15 is 0 Å². The van der Waals surface area contributed by atoms with E-state index in [1.165, 1.54) is 55.5 Å². The molecule has 2 atom stereocenters. The maximum atomic E-state index is 3.73. The summed E-state index contributed by atoms with van der Waals surface area (Å²) in [6.45, 7) is 4.61. The Morgan fingerprint density at radius 2 is 2.21 bits per heavy atom. The number of fused-ring (bicyclic) bond motifs is 1. The van der Waals surface area contributed by atoms with Gasteiger partial charge in [0.2, 0.25) is 0 Å². The van der Waals surface area contributed by atoms with Crippen molar-refractivity contribution >= 4 is 5.69 Å². The van der Waals surface area contributed by atoms with Crippen LogP contribution in [-0.2, 0) is 13.0 Å². The van der Waals surface area contributed by atoms with Gasteiger partial charge >= 0.3 is 0 Å². The molecule has 0 amide bonds. The minimum Gasteiger partial charge on any atom is -0.374 e. The number of rotatable bonds is 3. The van der Waals surface area contributed by atoms with Crippen LogP contribution in [0.25, 0.3) is 0 Å². The first-order valence-corrected chi connectivity index (χ1v) is 7.78. The second-order valence-electron chi connectivity index (χ2n) is 6.48. The fourth-order valence-electron chi connectivity index (χ4n) is 3.60. The number of aryl methyl sites for hydroxylation is 1. The van der Waals surface area contributed by atoms with Crippen molar-refractivity contribution in [1.29, 1.82) is 0 Å². The summed E-state index contributed by atoms with van der Waals surface area (Å²) < 4.78 is 0. The molecule has 3 rings (SSSR count). The zero-order valence-electron chi connectivity index (χ0n) is 12.3. The zero-order chi connectivity index (χ0) is 13.2. The van der Waals surface area contributed by atoms with Gasteiger partial charge in [0.1, 0.15) is 0 Å². The number of nitrogens with zero attached hydrogens (tertiary/aromatic N) is 1. The summed E-state index contributed by atoms with van der Waals surface area (Å²) in [5, 5.41) is 3.73. The number of hydrogen-bond acceptors (Lipinski definition) is 2. The summed E-state index contributed by atoms with van der Waals surface area (Å²) in [6, 6.07) is 7.76. The Balaban J connectivity index is 1.62. The van der Waals surface area contributed by atoms with Crippen molar-refractivity contribution in [1.82, 2.24) is 5.32 Å². The van der Waals surface area contributed by atoms with Crippen molar-refractivity contribution in [3.63, 3.8) is 0 Å². The van der Waals surface area contributed by atoms with Crippen LogP contribution in [0.5, 0.6) is 0 Å². The monoisotopic (exact) mass is 258 g/mol. The first-order valence-electron chi connectivity index (χ1n) is 7.78. The Kier molecular flexibility index (Phi) is 3.79. The van der Waals surface area contributed by atoms with Crippen LogP contribution in [-0.4, -0.2) is 19.6 Å². The predicted molar refractivity (Wildman–Crippen MR) is 81.7 cm³/mol. The molecule has 19 heavy (non-hydrogen) atoms. The summed E-state index contributed by atoms with van der Waals surface area (Å²) in [7, 11) is 2.20. The number of hydrogen-bond donors (Lipinski definition) is 1. The number of nitrogens with one attached hydrogen (secondary N) is 1. The van der Waals surface area contributed by atoms with Crippen LogP contribution in [0.15, 0.2) is 18.2 Å². The summed E-state index contributed by atoms with van der Waals surface area (Å²) >= 11 is 0. The lowest BCUT2D eigenvalue weighted by atomic mass is 9.99. The average molecular weight is 258 g/mol. The first-order chi connectivity index (χ1) is 9.22. The predicted octanol–water partition coefficient (Wildman–Crippen LogP) is 3.35. The van der Waals surface area contributed by atoms with Crippen molar-refractivity contribution in [2.45, 2.75) is 51.6 Å². The maximum absolute atomic E-state index is 3.73. The molecule has 2 heteroatoms. The Labute approximate surface area is 117 Å². The molecule has 2 nitrogen and oxygen atoms in total. The highest BCUT2D eigenvalue weighted by molar-refractivity contribution is 5.56. The van der Waals surface area contributed by atoms with E-state index in [0.717, 1.165) is 18.5 Å². The van der Waals surface area contributed by atoms with Gasteiger partial charge in [-0.15, -0.1) is 0 Å². The quantitative estimate of drug-likeness (QED) is 0.894. The molecular weight excluding hydrogens is 232 g/mol. The molecule has 1 heterocycles. The van der Waals surface area contributed by atoms with Gasteiger partial charge in [0.05, 0.1) is 0 Å². The van der Waals surface area contributed by atoms with Gasteiger partial charge in [0, 0.05) is 31.9 Å². The Morgan fingerprint density at radius 1 is 1.32 bits per heavy atom. The highest BCUT2D eigenvalue weighted by Gasteiger charge is 2.20. The largest absolute Gasteiger partial charge is 0.374 e. The van der Waals surface area contributed by atoms with Crippen LogP contribution in [0.2, 0.25) is 0 Å². The van der Waals surface area contributed by atoms with Gasteiger partial charge in [-0.05, 0) is 55.2 Å².